The second kappa shape index (κ2) is 12.0. The third-order valence-corrected chi connectivity index (χ3v) is 7.79. The van der Waals surface area contributed by atoms with Gasteiger partial charge in [0.15, 0.2) is 0 Å². The predicted molar refractivity (Wildman–Crippen MR) is 156 cm³/mol. The number of carbonyl (C=O) groups excluding carboxylic acids is 2. The van der Waals surface area contributed by atoms with Gasteiger partial charge in [-0.05, 0) is 95.8 Å². The molecule has 0 saturated carbocycles. The van der Waals surface area contributed by atoms with Crippen LogP contribution in [0.3, 0.4) is 0 Å². The van der Waals surface area contributed by atoms with Crippen molar-refractivity contribution in [3.63, 3.8) is 0 Å². The minimum absolute atomic E-state index is 0.203. The van der Waals surface area contributed by atoms with Crippen LogP contribution in [0.5, 0.6) is 5.75 Å². The fourth-order valence-corrected chi connectivity index (χ4v) is 5.51. The number of hydrogen-bond acceptors (Lipinski definition) is 5. The molecule has 1 amide bonds. The fourth-order valence-electron chi connectivity index (χ4n) is 5.51. The van der Waals surface area contributed by atoms with E-state index in [9.17, 15) is 27.2 Å². The maximum Gasteiger partial charge on any atom is 0.416 e. The number of halogens is 4. The van der Waals surface area contributed by atoms with Crippen molar-refractivity contribution < 1.29 is 41.4 Å². The van der Waals surface area contributed by atoms with Crippen molar-refractivity contribution >= 4 is 12.1 Å². The van der Waals surface area contributed by atoms with Gasteiger partial charge in [0.2, 0.25) is 0 Å². The zero-order valence-corrected chi connectivity index (χ0v) is 24.4. The maximum absolute atomic E-state index is 13.9. The molecule has 4 aromatic rings. The Hall–Kier alpha value is -4.86. The largest absolute Gasteiger partial charge is 0.496 e. The second-order valence-corrected chi connectivity index (χ2v) is 10.5. The van der Waals surface area contributed by atoms with Crippen molar-refractivity contribution in [2.75, 3.05) is 14.2 Å². The molecule has 0 aromatic heterocycles. The van der Waals surface area contributed by atoms with Gasteiger partial charge in [-0.15, -0.1) is 0 Å². The summed E-state index contributed by atoms with van der Waals surface area (Å²) in [6, 6.07) is 18.9. The predicted octanol–water partition coefficient (Wildman–Crippen LogP) is 8.36. The number of benzene rings is 4. The van der Waals surface area contributed by atoms with Gasteiger partial charge in [0, 0.05) is 5.56 Å². The standard InChI is InChI=1S/C34H29F4NO5/c1-19-14-23(32(40)43-4)8-11-27(19)21-9-13-30(42-3)29(17-21)28-12-10-25(34(36,37)38)15-24(28)18-39-20(2)31(44-33(39)41)22-6-5-7-26(35)16-22/h5-17,20,31H,18H2,1-4H3. The lowest BCUT2D eigenvalue weighted by molar-refractivity contribution is -0.137. The van der Waals surface area contributed by atoms with E-state index in [1.165, 1.54) is 43.4 Å². The quantitative estimate of drug-likeness (QED) is 0.156. The minimum Gasteiger partial charge on any atom is -0.496 e. The number of alkyl halides is 3. The molecule has 4 aromatic carbocycles. The van der Waals surface area contributed by atoms with E-state index in [0.29, 0.717) is 28.0 Å². The summed E-state index contributed by atoms with van der Waals surface area (Å²) in [6.45, 7) is 3.34. The molecule has 0 bridgehead atoms. The van der Waals surface area contributed by atoms with Crippen LogP contribution in [0.1, 0.15) is 45.6 Å². The summed E-state index contributed by atoms with van der Waals surface area (Å²) in [7, 11) is 2.76. The summed E-state index contributed by atoms with van der Waals surface area (Å²) in [5, 5.41) is 0. The van der Waals surface area contributed by atoms with Crippen molar-refractivity contribution in [2.45, 2.75) is 38.7 Å². The first-order valence-electron chi connectivity index (χ1n) is 13.7. The van der Waals surface area contributed by atoms with Crippen LogP contribution in [-0.4, -0.2) is 37.2 Å². The molecule has 0 spiro atoms. The number of esters is 1. The van der Waals surface area contributed by atoms with Crippen LogP contribution in [0.4, 0.5) is 22.4 Å². The van der Waals surface area contributed by atoms with Crippen LogP contribution in [0.25, 0.3) is 22.3 Å². The Balaban J connectivity index is 1.58. The molecule has 1 heterocycles. The Morgan fingerprint density at radius 2 is 1.68 bits per heavy atom. The molecule has 1 aliphatic heterocycles. The number of rotatable bonds is 7. The average Bonchev–Trinajstić information content (AvgIpc) is 3.28. The van der Waals surface area contributed by atoms with E-state index in [0.717, 1.165) is 28.8 Å². The van der Waals surface area contributed by atoms with Gasteiger partial charge in [0.05, 0.1) is 37.9 Å². The fraction of sp³-hybridized carbons (Fsp3) is 0.235. The lowest BCUT2D eigenvalue weighted by Crippen LogP contribution is -2.31. The lowest BCUT2D eigenvalue weighted by Gasteiger charge is -2.24. The number of ether oxygens (including phenoxy) is 3. The Kier molecular flexibility index (Phi) is 8.36. The summed E-state index contributed by atoms with van der Waals surface area (Å²) in [5.41, 5.74) is 3.43. The molecule has 44 heavy (non-hydrogen) atoms. The summed E-state index contributed by atoms with van der Waals surface area (Å²) in [4.78, 5) is 26.4. The first kappa shape index (κ1) is 30.6. The molecular weight excluding hydrogens is 578 g/mol. The molecule has 1 saturated heterocycles. The van der Waals surface area contributed by atoms with Crippen LogP contribution < -0.4 is 4.74 Å². The van der Waals surface area contributed by atoms with E-state index < -0.39 is 41.8 Å². The number of cyclic esters (lactones) is 1. The molecule has 0 radical (unpaired) electrons. The monoisotopic (exact) mass is 607 g/mol. The number of amides is 1. The first-order chi connectivity index (χ1) is 20.9. The van der Waals surface area contributed by atoms with Crippen LogP contribution in [-0.2, 0) is 22.2 Å². The van der Waals surface area contributed by atoms with Crippen LogP contribution >= 0.6 is 0 Å². The Morgan fingerprint density at radius 1 is 0.932 bits per heavy atom. The molecule has 6 nitrogen and oxygen atoms in total. The Labute approximate surface area is 251 Å². The molecule has 2 atom stereocenters. The van der Waals surface area contributed by atoms with E-state index >= 15 is 0 Å². The van der Waals surface area contributed by atoms with Crippen LogP contribution in [0.2, 0.25) is 0 Å². The molecule has 0 aliphatic carbocycles. The van der Waals surface area contributed by atoms with Gasteiger partial charge in [0.25, 0.3) is 0 Å². The molecule has 0 N–H and O–H groups in total. The number of hydrogen-bond donors (Lipinski definition) is 0. The topological polar surface area (TPSA) is 65.1 Å². The normalized spacial score (nSPS) is 16.5. The molecule has 10 heteroatoms. The summed E-state index contributed by atoms with van der Waals surface area (Å²) >= 11 is 0. The van der Waals surface area contributed by atoms with E-state index in [2.05, 4.69) is 0 Å². The van der Waals surface area contributed by atoms with Crippen LogP contribution in [0.15, 0.2) is 78.9 Å². The number of methoxy groups -OCH3 is 2. The SMILES string of the molecule is COC(=O)c1ccc(-c2ccc(OC)c(-c3ccc(C(F)(F)F)cc3CN3C(=O)OC(c4cccc(F)c4)C3C)c2)c(C)c1. The number of aryl methyl sites for hydroxylation is 1. The molecule has 1 aliphatic rings. The second-order valence-electron chi connectivity index (χ2n) is 10.5. The van der Waals surface area contributed by atoms with Crippen molar-refractivity contribution in [3.05, 3.63) is 112 Å². The molecular formula is C34H29F4NO5. The van der Waals surface area contributed by atoms with E-state index in [-0.39, 0.29) is 12.1 Å². The Morgan fingerprint density at radius 3 is 2.34 bits per heavy atom. The van der Waals surface area contributed by atoms with Crippen molar-refractivity contribution in [2.24, 2.45) is 0 Å². The van der Waals surface area contributed by atoms with Gasteiger partial charge in [-0.25, -0.2) is 14.0 Å². The lowest BCUT2D eigenvalue weighted by atomic mass is 9.91. The first-order valence-corrected chi connectivity index (χ1v) is 13.7. The third kappa shape index (κ3) is 5.97. The molecule has 5 rings (SSSR count). The maximum atomic E-state index is 13.9. The smallest absolute Gasteiger partial charge is 0.416 e. The van der Waals surface area contributed by atoms with Gasteiger partial charge >= 0.3 is 18.2 Å². The van der Waals surface area contributed by atoms with E-state index in [4.69, 9.17) is 14.2 Å². The highest BCUT2D eigenvalue weighted by Crippen LogP contribution is 2.41. The molecule has 1 fully saturated rings. The molecule has 2 unspecified atom stereocenters. The highest BCUT2D eigenvalue weighted by atomic mass is 19.4. The van der Waals surface area contributed by atoms with Gasteiger partial charge < -0.3 is 14.2 Å². The average molecular weight is 608 g/mol. The van der Waals surface area contributed by atoms with Gasteiger partial charge in [0.1, 0.15) is 17.7 Å². The third-order valence-electron chi connectivity index (χ3n) is 7.79. The summed E-state index contributed by atoms with van der Waals surface area (Å²) in [5.74, 6) is -0.557. The van der Waals surface area contributed by atoms with Crippen molar-refractivity contribution in [3.8, 4) is 28.0 Å². The van der Waals surface area contributed by atoms with Gasteiger partial charge in [-0.1, -0.05) is 30.3 Å². The van der Waals surface area contributed by atoms with E-state index in [1.807, 2.05) is 13.0 Å². The highest BCUT2D eigenvalue weighted by Gasteiger charge is 2.40. The zero-order valence-electron chi connectivity index (χ0n) is 24.4. The van der Waals surface area contributed by atoms with E-state index in [1.54, 1.807) is 43.3 Å². The zero-order chi connectivity index (χ0) is 31.8. The minimum atomic E-state index is -4.63. The summed E-state index contributed by atoms with van der Waals surface area (Å²) in [6.07, 6.45) is -6.16. The summed E-state index contributed by atoms with van der Waals surface area (Å²) < 4.78 is 71.5. The van der Waals surface area contributed by atoms with Crippen LogP contribution in [0, 0.1) is 12.7 Å². The van der Waals surface area contributed by atoms with Crippen molar-refractivity contribution in [1.29, 1.82) is 0 Å². The van der Waals surface area contributed by atoms with Crippen molar-refractivity contribution in [1.82, 2.24) is 4.90 Å². The van der Waals surface area contributed by atoms with Gasteiger partial charge in [-0.2, -0.15) is 13.2 Å². The Bertz CT molecular complexity index is 1740. The number of carbonyl (C=O) groups is 2. The molecule has 228 valence electrons. The highest BCUT2D eigenvalue weighted by molar-refractivity contribution is 5.91. The van der Waals surface area contributed by atoms with Gasteiger partial charge in [-0.3, -0.25) is 4.90 Å². The number of nitrogens with zero attached hydrogens (tertiary/aromatic N) is 1.